The number of allylic oxidation sites excluding steroid dienone is 2. The van der Waals surface area contributed by atoms with E-state index in [1.165, 1.54) is 24.3 Å². The molecule has 1 N–H and O–H groups in total. The van der Waals surface area contributed by atoms with Crippen LogP contribution in [-0.2, 0) is 9.59 Å². The van der Waals surface area contributed by atoms with Crippen LogP contribution in [0.3, 0.4) is 0 Å². The van der Waals surface area contributed by atoms with Crippen LogP contribution in [0.15, 0.2) is 35.9 Å². The van der Waals surface area contributed by atoms with E-state index in [0.717, 1.165) is 6.08 Å². The lowest BCUT2D eigenvalue weighted by Crippen LogP contribution is -2.31. The van der Waals surface area contributed by atoms with Crippen LogP contribution in [0, 0.1) is 5.41 Å². The van der Waals surface area contributed by atoms with Gasteiger partial charge in [0.1, 0.15) is 0 Å². The standard InChI is InChI=1S/C17H16O5/c1-17(2)8-14(19)12(15(20)9-17)7-13(18)10-5-3-4-6-11(10)16(21)22/h3-7H,8-9H2,1-2H3,(H,21,22). The van der Waals surface area contributed by atoms with E-state index in [1.807, 2.05) is 13.8 Å². The number of hydrogen-bond donors (Lipinski definition) is 1. The van der Waals surface area contributed by atoms with E-state index in [4.69, 9.17) is 5.11 Å². The molecular weight excluding hydrogens is 284 g/mol. The molecule has 1 aromatic carbocycles. The van der Waals surface area contributed by atoms with Crippen LogP contribution in [0.5, 0.6) is 0 Å². The number of rotatable bonds is 3. The average Bonchev–Trinajstić information content (AvgIpc) is 2.41. The third-order valence-corrected chi connectivity index (χ3v) is 3.58. The van der Waals surface area contributed by atoms with Crippen molar-refractivity contribution in [3.63, 3.8) is 0 Å². The van der Waals surface area contributed by atoms with Gasteiger partial charge in [0.2, 0.25) is 0 Å². The molecule has 1 saturated carbocycles. The van der Waals surface area contributed by atoms with Crippen LogP contribution in [0.4, 0.5) is 0 Å². The second-order valence-corrected chi connectivity index (χ2v) is 6.14. The first-order chi connectivity index (χ1) is 10.2. The van der Waals surface area contributed by atoms with Gasteiger partial charge in [0.15, 0.2) is 17.3 Å². The lowest BCUT2D eigenvalue weighted by Gasteiger charge is -2.28. The second kappa shape index (κ2) is 5.67. The highest BCUT2D eigenvalue weighted by atomic mass is 16.4. The predicted octanol–water partition coefficient (Wildman–Crippen LogP) is 2.45. The number of benzene rings is 1. The minimum Gasteiger partial charge on any atom is -0.478 e. The number of Topliss-reactive ketones (excluding diaryl/α,β-unsaturated/α-hetero) is 2. The van der Waals surface area contributed by atoms with Crippen LogP contribution in [0.1, 0.15) is 47.4 Å². The van der Waals surface area contributed by atoms with E-state index in [2.05, 4.69) is 0 Å². The largest absolute Gasteiger partial charge is 0.478 e. The summed E-state index contributed by atoms with van der Waals surface area (Å²) in [5.41, 5.74) is -0.731. The van der Waals surface area contributed by atoms with Crippen molar-refractivity contribution in [3.05, 3.63) is 47.0 Å². The van der Waals surface area contributed by atoms with Gasteiger partial charge < -0.3 is 5.11 Å². The lowest BCUT2D eigenvalue weighted by atomic mass is 9.74. The molecule has 114 valence electrons. The van der Waals surface area contributed by atoms with E-state index >= 15 is 0 Å². The van der Waals surface area contributed by atoms with Gasteiger partial charge in [-0.1, -0.05) is 32.0 Å². The number of carbonyl (C=O) groups excluding carboxylic acids is 3. The maximum atomic E-state index is 12.2. The monoisotopic (exact) mass is 300 g/mol. The third-order valence-electron chi connectivity index (χ3n) is 3.58. The molecule has 5 heteroatoms. The summed E-state index contributed by atoms with van der Waals surface area (Å²) in [6, 6.07) is 5.71. The van der Waals surface area contributed by atoms with Crippen molar-refractivity contribution in [2.75, 3.05) is 0 Å². The van der Waals surface area contributed by atoms with Gasteiger partial charge in [0, 0.05) is 24.5 Å². The number of ketones is 3. The lowest BCUT2D eigenvalue weighted by molar-refractivity contribution is -0.127. The molecule has 1 fully saturated rings. The van der Waals surface area contributed by atoms with Crippen molar-refractivity contribution in [1.29, 1.82) is 0 Å². The van der Waals surface area contributed by atoms with E-state index in [1.54, 1.807) is 0 Å². The molecule has 22 heavy (non-hydrogen) atoms. The Balaban J connectivity index is 2.38. The van der Waals surface area contributed by atoms with Crippen molar-refractivity contribution in [1.82, 2.24) is 0 Å². The predicted molar refractivity (Wildman–Crippen MR) is 78.8 cm³/mol. The fourth-order valence-electron chi connectivity index (χ4n) is 2.53. The van der Waals surface area contributed by atoms with Crippen molar-refractivity contribution >= 4 is 23.3 Å². The van der Waals surface area contributed by atoms with E-state index < -0.39 is 17.2 Å². The van der Waals surface area contributed by atoms with Gasteiger partial charge in [0.05, 0.1) is 11.1 Å². The highest BCUT2D eigenvalue weighted by molar-refractivity contribution is 6.26. The normalized spacial score (nSPS) is 17.3. The van der Waals surface area contributed by atoms with Crippen molar-refractivity contribution in [2.24, 2.45) is 5.41 Å². The Morgan fingerprint density at radius 1 is 1.05 bits per heavy atom. The Morgan fingerprint density at radius 2 is 1.55 bits per heavy atom. The summed E-state index contributed by atoms with van der Waals surface area (Å²) in [6.07, 6.45) is 1.36. The molecule has 0 amide bonds. The first kappa shape index (κ1) is 15.8. The summed E-state index contributed by atoms with van der Waals surface area (Å²) in [4.78, 5) is 47.5. The van der Waals surface area contributed by atoms with Gasteiger partial charge in [-0.05, 0) is 11.5 Å². The molecule has 0 aromatic heterocycles. The van der Waals surface area contributed by atoms with Crippen LogP contribution < -0.4 is 0 Å². The van der Waals surface area contributed by atoms with Crippen molar-refractivity contribution in [2.45, 2.75) is 26.7 Å². The van der Waals surface area contributed by atoms with E-state index in [0.29, 0.717) is 0 Å². The third kappa shape index (κ3) is 3.19. The van der Waals surface area contributed by atoms with Gasteiger partial charge in [-0.3, -0.25) is 14.4 Å². The summed E-state index contributed by atoms with van der Waals surface area (Å²) < 4.78 is 0. The van der Waals surface area contributed by atoms with Crippen LogP contribution >= 0.6 is 0 Å². The maximum absolute atomic E-state index is 12.2. The van der Waals surface area contributed by atoms with Crippen molar-refractivity contribution in [3.8, 4) is 0 Å². The first-order valence-electron chi connectivity index (χ1n) is 6.86. The van der Waals surface area contributed by atoms with Gasteiger partial charge >= 0.3 is 5.97 Å². The van der Waals surface area contributed by atoms with Gasteiger partial charge in [-0.25, -0.2) is 4.79 Å². The minimum atomic E-state index is -1.23. The molecule has 0 aliphatic heterocycles. The summed E-state index contributed by atoms with van der Waals surface area (Å²) in [5, 5.41) is 9.09. The molecule has 0 saturated heterocycles. The fraction of sp³-hybridized carbons (Fsp3) is 0.294. The molecule has 0 heterocycles. The smallest absolute Gasteiger partial charge is 0.336 e. The molecule has 1 aliphatic rings. The average molecular weight is 300 g/mol. The highest BCUT2D eigenvalue weighted by Crippen LogP contribution is 2.33. The Labute approximate surface area is 127 Å². The first-order valence-corrected chi connectivity index (χ1v) is 6.86. The molecule has 2 rings (SSSR count). The molecule has 0 unspecified atom stereocenters. The Hall–Kier alpha value is -2.56. The number of aromatic carboxylic acids is 1. The number of carboxylic acids is 1. The van der Waals surface area contributed by atoms with Gasteiger partial charge in [0.25, 0.3) is 0 Å². The summed E-state index contributed by atoms with van der Waals surface area (Å²) in [5.74, 6) is -2.62. The second-order valence-electron chi connectivity index (χ2n) is 6.14. The summed E-state index contributed by atoms with van der Waals surface area (Å²) in [6.45, 7) is 3.64. The topological polar surface area (TPSA) is 88.5 Å². The minimum absolute atomic E-state index is 0.0343. The summed E-state index contributed by atoms with van der Waals surface area (Å²) >= 11 is 0. The van der Waals surface area contributed by atoms with E-state index in [-0.39, 0.29) is 41.1 Å². The Bertz CT molecular complexity index is 688. The molecule has 1 aliphatic carbocycles. The molecule has 1 aromatic rings. The van der Waals surface area contributed by atoms with Crippen LogP contribution in [0.2, 0.25) is 0 Å². The maximum Gasteiger partial charge on any atom is 0.336 e. The zero-order chi connectivity index (χ0) is 16.5. The Kier molecular flexibility index (Phi) is 4.08. The SMILES string of the molecule is CC1(C)CC(=O)C(=CC(=O)c2ccccc2C(=O)O)C(=O)C1. The van der Waals surface area contributed by atoms with Crippen LogP contribution in [0.25, 0.3) is 0 Å². The Morgan fingerprint density at radius 3 is 2.05 bits per heavy atom. The van der Waals surface area contributed by atoms with E-state index in [9.17, 15) is 19.2 Å². The number of carbonyl (C=O) groups is 4. The zero-order valence-electron chi connectivity index (χ0n) is 12.4. The summed E-state index contributed by atoms with van der Waals surface area (Å²) in [7, 11) is 0. The van der Waals surface area contributed by atoms with Crippen molar-refractivity contribution < 1.29 is 24.3 Å². The fourth-order valence-corrected chi connectivity index (χ4v) is 2.53. The highest BCUT2D eigenvalue weighted by Gasteiger charge is 2.36. The van der Waals surface area contributed by atoms with Gasteiger partial charge in [-0.2, -0.15) is 0 Å². The molecular formula is C17H16O5. The molecule has 5 nitrogen and oxygen atoms in total. The zero-order valence-corrected chi connectivity index (χ0v) is 12.4. The molecule has 0 radical (unpaired) electrons. The quantitative estimate of drug-likeness (QED) is 0.526. The van der Waals surface area contributed by atoms with Crippen LogP contribution in [-0.4, -0.2) is 28.4 Å². The number of carboxylic acid groups (broad SMARTS) is 1. The molecule has 0 spiro atoms. The van der Waals surface area contributed by atoms with Gasteiger partial charge in [-0.15, -0.1) is 0 Å². The number of hydrogen-bond acceptors (Lipinski definition) is 4. The molecule has 0 atom stereocenters. The molecule has 0 bridgehead atoms.